The van der Waals surface area contributed by atoms with Gasteiger partial charge in [-0.05, 0) is 40.4 Å². The predicted molar refractivity (Wildman–Crippen MR) is 57.9 cm³/mol. The van der Waals surface area contributed by atoms with E-state index in [0.717, 1.165) is 29.3 Å². The summed E-state index contributed by atoms with van der Waals surface area (Å²) in [7, 11) is 0. The minimum Gasteiger partial charge on any atom is -0.355 e. The van der Waals surface area contributed by atoms with Gasteiger partial charge in [-0.15, -0.1) is 0 Å². The molecule has 2 heterocycles. The van der Waals surface area contributed by atoms with Crippen LogP contribution in [0.4, 0.5) is 5.82 Å². The van der Waals surface area contributed by atoms with Crippen LogP contribution in [-0.4, -0.2) is 18.1 Å². The molecule has 0 radical (unpaired) electrons. The number of halogens is 1. The molecule has 1 aliphatic heterocycles. The fourth-order valence-corrected chi connectivity index (χ4v) is 2.24. The summed E-state index contributed by atoms with van der Waals surface area (Å²) in [6.45, 7) is 4.56. The Bertz CT molecular complexity index is 301. The molecule has 2 nitrogen and oxygen atoms in total. The van der Waals surface area contributed by atoms with Crippen LogP contribution in [0.25, 0.3) is 0 Å². The Morgan fingerprint density at radius 1 is 1.62 bits per heavy atom. The molecule has 3 heteroatoms. The molecule has 0 N–H and O–H groups in total. The highest BCUT2D eigenvalue weighted by atomic mass is 79.9. The van der Waals surface area contributed by atoms with E-state index in [9.17, 15) is 0 Å². The van der Waals surface area contributed by atoms with Gasteiger partial charge in [0.25, 0.3) is 0 Å². The van der Waals surface area contributed by atoms with Crippen molar-refractivity contribution in [2.24, 2.45) is 5.92 Å². The number of hydrogen-bond donors (Lipinski definition) is 0. The van der Waals surface area contributed by atoms with Crippen LogP contribution in [-0.2, 0) is 0 Å². The van der Waals surface area contributed by atoms with Gasteiger partial charge in [0.1, 0.15) is 5.82 Å². The molecule has 0 aliphatic carbocycles. The fourth-order valence-electron chi connectivity index (χ4n) is 1.74. The van der Waals surface area contributed by atoms with Crippen molar-refractivity contribution in [3.05, 3.63) is 22.8 Å². The monoisotopic (exact) mass is 240 g/mol. The van der Waals surface area contributed by atoms with Gasteiger partial charge in [0.05, 0.1) is 4.47 Å². The molecular weight excluding hydrogens is 228 g/mol. The lowest BCUT2D eigenvalue weighted by Crippen LogP contribution is -2.20. The summed E-state index contributed by atoms with van der Waals surface area (Å²) >= 11 is 3.52. The Hall–Kier alpha value is -0.570. The summed E-state index contributed by atoms with van der Waals surface area (Å²) in [6.07, 6.45) is 3.13. The van der Waals surface area contributed by atoms with Gasteiger partial charge in [0.2, 0.25) is 0 Å². The Labute approximate surface area is 87.1 Å². The van der Waals surface area contributed by atoms with E-state index in [4.69, 9.17) is 0 Å². The first-order valence-corrected chi connectivity index (χ1v) is 5.42. The molecule has 2 rings (SSSR count). The maximum atomic E-state index is 4.37. The van der Waals surface area contributed by atoms with E-state index in [2.05, 4.69) is 32.7 Å². The lowest BCUT2D eigenvalue weighted by molar-refractivity contribution is 0.659. The molecule has 1 unspecified atom stereocenters. The zero-order valence-corrected chi connectivity index (χ0v) is 9.29. The van der Waals surface area contributed by atoms with Gasteiger partial charge in [-0.2, -0.15) is 0 Å². The van der Waals surface area contributed by atoms with Crippen LogP contribution in [0.1, 0.15) is 13.3 Å². The lowest BCUT2D eigenvalue weighted by atomic mass is 10.2. The van der Waals surface area contributed by atoms with Gasteiger partial charge in [0, 0.05) is 19.3 Å². The van der Waals surface area contributed by atoms with Crippen LogP contribution in [0, 0.1) is 5.92 Å². The maximum Gasteiger partial charge on any atom is 0.142 e. The summed E-state index contributed by atoms with van der Waals surface area (Å²) < 4.78 is 1.10. The number of rotatable bonds is 1. The Morgan fingerprint density at radius 2 is 2.46 bits per heavy atom. The van der Waals surface area contributed by atoms with E-state index in [1.165, 1.54) is 6.42 Å². The zero-order chi connectivity index (χ0) is 9.26. The number of nitrogens with zero attached hydrogens (tertiary/aromatic N) is 2. The van der Waals surface area contributed by atoms with Crippen LogP contribution in [0.2, 0.25) is 0 Å². The minimum atomic E-state index is 0.800. The van der Waals surface area contributed by atoms with Crippen LogP contribution in [0.5, 0.6) is 0 Å². The molecule has 1 fully saturated rings. The van der Waals surface area contributed by atoms with Crippen LogP contribution in [0.15, 0.2) is 22.8 Å². The van der Waals surface area contributed by atoms with E-state index >= 15 is 0 Å². The maximum absolute atomic E-state index is 4.37. The molecule has 13 heavy (non-hydrogen) atoms. The second-order valence-electron chi connectivity index (χ2n) is 3.65. The first kappa shape index (κ1) is 9.00. The zero-order valence-electron chi connectivity index (χ0n) is 7.70. The van der Waals surface area contributed by atoms with E-state index in [1.807, 2.05) is 18.3 Å². The number of hydrogen-bond acceptors (Lipinski definition) is 2. The quantitative estimate of drug-likeness (QED) is 0.751. The fraction of sp³-hybridized carbons (Fsp3) is 0.500. The van der Waals surface area contributed by atoms with Gasteiger partial charge >= 0.3 is 0 Å². The Kier molecular flexibility index (Phi) is 2.54. The molecule has 1 aliphatic rings. The van der Waals surface area contributed by atoms with Gasteiger partial charge < -0.3 is 4.90 Å². The van der Waals surface area contributed by atoms with Crippen molar-refractivity contribution in [3.63, 3.8) is 0 Å². The topological polar surface area (TPSA) is 16.1 Å². The third-order valence-corrected chi connectivity index (χ3v) is 3.08. The highest BCUT2D eigenvalue weighted by molar-refractivity contribution is 9.10. The minimum absolute atomic E-state index is 0.800. The van der Waals surface area contributed by atoms with Crippen molar-refractivity contribution in [1.29, 1.82) is 0 Å². The summed E-state index contributed by atoms with van der Waals surface area (Å²) in [5.74, 6) is 1.89. The third-order valence-electron chi connectivity index (χ3n) is 2.46. The number of pyridine rings is 1. The van der Waals surface area contributed by atoms with Crippen molar-refractivity contribution in [2.75, 3.05) is 18.0 Å². The normalized spacial score (nSPS) is 22.3. The molecule has 1 saturated heterocycles. The lowest BCUT2D eigenvalue weighted by Gasteiger charge is -2.17. The van der Waals surface area contributed by atoms with E-state index in [-0.39, 0.29) is 0 Å². The Balaban J connectivity index is 2.21. The van der Waals surface area contributed by atoms with Gasteiger partial charge in [-0.3, -0.25) is 0 Å². The highest BCUT2D eigenvalue weighted by Gasteiger charge is 2.20. The summed E-state index contributed by atoms with van der Waals surface area (Å²) in [5, 5.41) is 0. The molecule has 70 valence electrons. The average molecular weight is 241 g/mol. The second-order valence-corrected chi connectivity index (χ2v) is 4.50. The number of anilines is 1. The molecule has 0 bridgehead atoms. The van der Waals surface area contributed by atoms with Gasteiger partial charge in [0.15, 0.2) is 0 Å². The highest BCUT2D eigenvalue weighted by Crippen LogP contribution is 2.27. The van der Waals surface area contributed by atoms with Crippen molar-refractivity contribution in [2.45, 2.75) is 13.3 Å². The van der Waals surface area contributed by atoms with Gasteiger partial charge in [-0.1, -0.05) is 6.92 Å². The molecule has 1 atom stereocenters. The van der Waals surface area contributed by atoms with E-state index in [0.29, 0.717) is 0 Å². The van der Waals surface area contributed by atoms with E-state index < -0.39 is 0 Å². The van der Waals surface area contributed by atoms with Crippen molar-refractivity contribution in [3.8, 4) is 0 Å². The predicted octanol–water partition coefficient (Wildman–Crippen LogP) is 2.69. The average Bonchev–Trinajstić information content (AvgIpc) is 2.53. The van der Waals surface area contributed by atoms with Crippen LogP contribution in [0.3, 0.4) is 0 Å². The molecule has 1 aromatic heterocycles. The van der Waals surface area contributed by atoms with Crippen molar-refractivity contribution in [1.82, 2.24) is 4.98 Å². The molecule has 0 amide bonds. The van der Waals surface area contributed by atoms with Gasteiger partial charge in [-0.25, -0.2) is 4.98 Å². The largest absolute Gasteiger partial charge is 0.355 e. The first-order chi connectivity index (χ1) is 6.27. The van der Waals surface area contributed by atoms with Crippen molar-refractivity contribution < 1.29 is 0 Å². The molecular formula is C10H13BrN2. The van der Waals surface area contributed by atoms with Crippen LogP contribution < -0.4 is 4.90 Å². The van der Waals surface area contributed by atoms with Crippen LogP contribution >= 0.6 is 15.9 Å². The molecule has 1 aromatic rings. The summed E-state index contributed by atoms with van der Waals surface area (Å²) in [5.41, 5.74) is 0. The Morgan fingerprint density at radius 3 is 3.08 bits per heavy atom. The van der Waals surface area contributed by atoms with Crippen molar-refractivity contribution >= 4 is 21.7 Å². The third kappa shape index (κ3) is 1.85. The smallest absolute Gasteiger partial charge is 0.142 e. The summed E-state index contributed by atoms with van der Waals surface area (Å²) in [6, 6.07) is 4.00. The molecule has 0 aromatic carbocycles. The second kappa shape index (κ2) is 3.66. The standard InChI is InChI=1S/C10H13BrN2/c1-8-4-6-13(7-8)10-9(11)3-2-5-12-10/h2-3,5,8H,4,6-7H2,1H3. The molecule has 0 saturated carbocycles. The first-order valence-electron chi connectivity index (χ1n) is 4.63. The number of aromatic nitrogens is 1. The summed E-state index contributed by atoms with van der Waals surface area (Å²) in [4.78, 5) is 6.72. The molecule has 0 spiro atoms. The van der Waals surface area contributed by atoms with E-state index in [1.54, 1.807) is 0 Å². The SMILES string of the molecule is CC1CCN(c2ncccc2Br)C1.